The molecule has 0 bridgehead atoms. The molecule has 2 heterocycles. The van der Waals surface area contributed by atoms with Crippen LogP contribution in [0.4, 0.5) is 5.69 Å². The minimum Gasteiger partial charge on any atom is -0.379 e. The van der Waals surface area contributed by atoms with Gasteiger partial charge in [-0.25, -0.2) is 0 Å². The Bertz CT molecular complexity index is 849. The van der Waals surface area contributed by atoms with E-state index in [4.69, 9.17) is 10.6 Å². The van der Waals surface area contributed by atoms with E-state index in [0.717, 1.165) is 49.3 Å². The van der Waals surface area contributed by atoms with Crippen LogP contribution in [0, 0.1) is 6.92 Å². The van der Waals surface area contributed by atoms with Crippen molar-refractivity contribution < 1.29 is 9.53 Å². The number of thioether (sulfide) groups is 1. The molecule has 1 aromatic carbocycles. The summed E-state index contributed by atoms with van der Waals surface area (Å²) in [5.41, 5.74) is 1.69. The number of hydrogen-bond acceptors (Lipinski definition) is 8. The number of rotatable bonds is 6. The van der Waals surface area contributed by atoms with Gasteiger partial charge in [-0.2, -0.15) is 4.68 Å². The van der Waals surface area contributed by atoms with Crippen molar-refractivity contribution in [1.29, 1.82) is 0 Å². The molecule has 0 spiro atoms. The van der Waals surface area contributed by atoms with Crippen molar-refractivity contribution in [1.82, 2.24) is 19.8 Å². The van der Waals surface area contributed by atoms with Crippen LogP contribution in [0.1, 0.15) is 11.3 Å². The maximum absolute atomic E-state index is 12.1. The quantitative estimate of drug-likeness (QED) is 0.532. The molecule has 2 aromatic rings. The van der Waals surface area contributed by atoms with Crippen molar-refractivity contribution in [3.05, 3.63) is 45.9 Å². The molecule has 1 aromatic heterocycles. The van der Waals surface area contributed by atoms with Gasteiger partial charge < -0.3 is 15.9 Å². The molecular weight excluding hydrogens is 368 g/mol. The van der Waals surface area contributed by atoms with E-state index in [2.05, 4.69) is 20.4 Å². The zero-order chi connectivity index (χ0) is 19.2. The number of nitrogens with two attached hydrogens (primary N) is 1. The number of nitrogens with zero attached hydrogens (tertiary/aromatic N) is 4. The van der Waals surface area contributed by atoms with Gasteiger partial charge in [-0.05, 0) is 24.6 Å². The van der Waals surface area contributed by atoms with E-state index in [1.807, 2.05) is 24.3 Å². The molecule has 1 fully saturated rings. The molecule has 10 heteroatoms. The van der Waals surface area contributed by atoms with E-state index in [9.17, 15) is 9.59 Å². The molecule has 144 valence electrons. The van der Waals surface area contributed by atoms with Gasteiger partial charge in [0.15, 0.2) is 0 Å². The number of morpholine rings is 1. The molecule has 0 aliphatic carbocycles. The number of aryl methyl sites for hydroxylation is 1. The van der Waals surface area contributed by atoms with Crippen molar-refractivity contribution >= 4 is 23.4 Å². The predicted molar refractivity (Wildman–Crippen MR) is 103 cm³/mol. The van der Waals surface area contributed by atoms with Crippen molar-refractivity contribution in [3.63, 3.8) is 0 Å². The fourth-order valence-electron chi connectivity index (χ4n) is 2.61. The topological polar surface area (TPSA) is 115 Å². The van der Waals surface area contributed by atoms with Crippen LogP contribution in [-0.4, -0.2) is 57.7 Å². The molecule has 0 radical (unpaired) electrons. The predicted octanol–water partition coefficient (Wildman–Crippen LogP) is 0.224. The summed E-state index contributed by atoms with van der Waals surface area (Å²) in [7, 11) is 0. The van der Waals surface area contributed by atoms with Crippen LogP contribution < -0.4 is 16.7 Å². The molecule has 1 saturated heterocycles. The summed E-state index contributed by atoms with van der Waals surface area (Å²) in [6, 6.07) is 7.76. The van der Waals surface area contributed by atoms with E-state index in [1.54, 1.807) is 0 Å². The third kappa shape index (κ3) is 5.28. The molecule has 0 unspecified atom stereocenters. The molecule has 3 N–H and O–H groups in total. The number of nitrogen functional groups attached to an aromatic ring is 1. The minimum absolute atomic E-state index is 0.0733. The van der Waals surface area contributed by atoms with Crippen LogP contribution >= 0.6 is 11.8 Å². The average Bonchev–Trinajstić information content (AvgIpc) is 2.68. The summed E-state index contributed by atoms with van der Waals surface area (Å²) < 4.78 is 6.25. The van der Waals surface area contributed by atoms with Gasteiger partial charge in [0.05, 0.1) is 19.0 Å². The van der Waals surface area contributed by atoms with E-state index in [1.165, 1.54) is 12.5 Å². The summed E-state index contributed by atoms with van der Waals surface area (Å²) in [4.78, 5) is 26.2. The lowest BCUT2D eigenvalue weighted by molar-refractivity contribution is -0.113. The van der Waals surface area contributed by atoms with Crippen LogP contribution in [0.25, 0.3) is 0 Å². The van der Waals surface area contributed by atoms with Gasteiger partial charge in [0.25, 0.3) is 5.56 Å². The van der Waals surface area contributed by atoms with Gasteiger partial charge in [-0.1, -0.05) is 23.9 Å². The maximum atomic E-state index is 12.1. The van der Waals surface area contributed by atoms with Crippen LogP contribution in [0.2, 0.25) is 0 Å². The second-order valence-corrected chi connectivity index (χ2v) is 7.11. The van der Waals surface area contributed by atoms with Gasteiger partial charge in [-0.15, -0.1) is 10.2 Å². The zero-order valence-electron chi connectivity index (χ0n) is 15.1. The maximum Gasteiger partial charge on any atom is 0.294 e. The van der Waals surface area contributed by atoms with Crippen LogP contribution in [0.5, 0.6) is 0 Å². The standard InChI is InChI=1S/C17H22N6O3S/c1-12-16(25)23(18)17(21-20-12)27-11-15(24)19-14-4-2-13(3-5-14)10-22-6-8-26-9-7-22/h2-5H,6-11,18H2,1H3,(H,19,24). The fraction of sp³-hybridized carbons (Fsp3) is 0.412. The Hall–Kier alpha value is -2.43. The first-order valence-corrected chi connectivity index (χ1v) is 9.54. The van der Waals surface area contributed by atoms with Crippen molar-refractivity contribution in [2.75, 3.05) is 43.2 Å². The number of anilines is 1. The Morgan fingerprint density at radius 1 is 1.26 bits per heavy atom. The number of ether oxygens (including phenoxy) is 1. The number of carbonyl (C=O) groups excluding carboxylic acids is 1. The lowest BCUT2D eigenvalue weighted by Gasteiger charge is -2.26. The van der Waals surface area contributed by atoms with Gasteiger partial charge >= 0.3 is 0 Å². The summed E-state index contributed by atoms with van der Waals surface area (Å²) in [6.45, 7) is 5.81. The summed E-state index contributed by atoms with van der Waals surface area (Å²) in [5, 5.41) is 10.6. The Kier molecular flexibility index (Phi) is 6.43. The molecule has 9 nitrogen and oxygen atoms in total. The normalized spacial score (nSPS) is 14.9. The molecule has 3 rings (SSSR count). The van der Waals surface area contributed by atoms with Gasteiger partial charge in [0.2, 0.25) is 11.1 Å². The van der Waals surface area contributed by atoms with E-state index >= 15 is 0 Å². The summed E-state index contributed by atoms with van der Waals surface area (Å²) in [5.74, 6) is 5.51. The first-order chi connectivity index (χ1) is 13.0. The van der Waals surface area contributed by atoms with Crippen molar-refractivity contribution in [2.24, 2.45) is 0 Å². The molecule has 27 heavy (non-hydrogen) atoms. The van der Waals surface area contributed by atoms with Gasteiger partial charge in [0, 0.05) is 25.3 Å². The second-order valence-electron chi connectivity index (χ2n) is 6.17. The largest absolute Gasteiger partial charge is 0.379 e. The number of carbonyl (C=O) groups is 1. The van der Waals surface area contributed by atoms with E-state index in [-0.39, 0.29) is 22.5 Å². The number of amides is 1. The summed E-state index contributed by atoms with van der Waals surface area (Å²) >= 11 is 1.06. The monoisotopic (exact) mass is 390 g/mol. The third-order valence-corrected chi connectivity index (χ3v) is 5.04. The highest BCUT2D eigenvalue weighted by Crippen LogP contribution is 2.15. The first-order valence-electron chi connectivity index (χ1n) is 8.56. The Morgan fingerprint density at radius 3 is 2.67 bits per heavy atom. The number of hydrogen-bond donors (Lipinski definition) is 2. The second kappa shape index (κ2) is 8.98. The van der Waals surface area contributed by atoms with Gasteiger partial charge in [0.1, 0.15) is 5.69 Å². The minimum atomic E-state index is -0.427. The first kappa shape index (κ1) is 19.3. The molecule has 0 atom stereocenters. The molecule has 1 amide bonds. The SMILES string of the molecule is Cc1nnc(SCC(=O)Nc2ccc(CN3CCOCC3)cc2)n(N)c1=O. The van der Waals surface area contributed by atoms with Crippen molar-refractivity contribution in [2.45, 2.75) is 18.6 Å². The zero-order valence-corrected chi connectivity index (χ0v) is 15.9. The number of benzene rings is 1. The Balaban J connectivity index is 1.50. The fourth-order valence-corrected chi connectivity index (χ4v) is 3.26. The van der Waals surface area contributed by atoms with Crippen molar-refractivity contribution in [3.8, 4) is 0 Å². The highest BCUT2D eigenvalue weighted by molar-refractivity contribution is 7.99. The smallest absolute Gasteiger partial charge is 0.294 e. The highest BCUT2D eigenvalue weighted by Gasteiger charge is 2.12. The van der Waals surface area contributed by atoms with E-state index < -0.39 is 5.56 Å². The van der Waals surface area contributed by atoms with E-state index in [0.29, 0.717) is 5.69 Å². The lowest BCUT2D eigenvalue weighted by atomic mass is 10.2. The molecule has 1 aliphatic heterocycles. The highest BCUT2D eigenvalue weighted by atomic mass is 32.2. The van der Waals surface area contributed by atoms with Crippen LogP contribution in [-0.2, 0) is 16.1 Å². The summed E-state index contributed by atoms with van der Waals surface area (Å²) in [6.07, 6.45) is 0. The molecule has 0 saturated carbocycles. The Labute approximate surface area is 160 Å². The molecular formula is C17H22N6O3S. The number of aromatic nitrogens is 3. The average molecular weight is 390 g/mol. The van der Waals surface area contributed by atoms with Crippen LogP contribution in [0.15, 0.2) is 34.2 Å². The lowest BCUT2D eigenvalue weighted by Crippen LogP contribution is -2.35. The molecule has 1 aliphatic rings. The van der Waals surface area contributed by atoms with Crippen LogP contribution in [0.3, 0.4) is 0 Å². The Morgan fingerprint density at radius 2 is 1.96 bits per heavy atom. The van der Waals surface area contributed by atoms with Gasteiger partial charge in [-0.3, -0.25) is 14.5 Å². The third-order valence-electron chi connectivity index (χ3n) is 4.10. The number of nitrogens with one attached hydrogen (secondary N) is 1.